The van der Waals surface area contributed by atoms with Crippen molar-refractivity contribution < 1.29 is 27.5 Å². The summed E-state index contributed by atoms with van der Waals surface area (Å²) in [5.41, 5.74) is 0.674. The molecule has 2 aromatic rings. The number of carboxylic acid groups (broad SMARTS) is 1. The van der Waals surface area contributed by atoms with E-state index in [9.17, 15) is 18.0 Å². The van der Waals surface area contributed by atoms with E-state index < -0.39 is 15.8 Å². The van der Waals surface area contributed by atoms with Crippen LogP contribution in [0, 0.1) is 0 Å². The maximum absolute atomic E-state index is 11.9. The highest BCUT2D eigenvalue weighted by molar-refractivity contribution is 7.91. The molecule has 0 aliphatic carbocycles. The molecule has 24 heavy (non-hydrogen) atoms. The van der Waals surface area contributed by atoms with Gasteiger partial charge in [0.05, 0.1) is 23.6 Å². The lowest BCUT2D eigenvalue weighted by Gasteiger charge is -2.05. The summed E-state index contributed by atoms with van der Waals surface area (Å²) in [5, 5.41) is 11.4. The van der Waals surface area contributed by atoms with E-state index in [2.05, 4.69) is 5.32 Å². The molecule has 0 unspecified atom stereocenters. The zero-order valence-corrected chi connectivity index (χ0v) is 13.8. The quantitative estimate of drug-likeness (QED) is 0.784. The number of sulfone groups is 1. The molecular weight excluding hydrogens is 334 g/mol. The van der Waals surface area contributed by atoms with Crippen LogP contribution in [-0.2, 0) is 27.6 Å². The van der Waals surface area contributed by atoms with Crippen molar-refractivity contribution in [1.82, 2.24) is 5.32 Å². The second-order valence-corrected chi connectivity index (χ2v) is 7.35. The predicted molar refractivity (Wildman–Crippen MR) is 85.4 cm³/mol. The van der Waals surface area contributed by atoms with Gasteiger partial charge in [0.15, 0.2) is 9.84 Å². The summed E-state index contributed by atoms with van der Waals surface area (Å²) in [5.74, 6) is -1.28. The van der Waals surface area contributed by atoms with Crippen LogP contribution in [-0.4, -0.2) is 31.2 Å². The molecule has 8 heteroatoms. The van der Waals surface area contributed by atoms with Crippen LogP contribution in [0.1, 0.15) is 28.8 Å². The molecule has 2 N–H and O–H groups in total. The Kier molecular flexibility index (Phi) is 5.40. The molecule has 0 atom stereocenters. The maximum atomic E-state index is 11.9. The first-order valence-electron chi connectivity index (χ1n) is 7.22. The van der Waals surface area contributed by atoms with Crippen molar-refractivity contribution in [3.05, 3.63) is 53.5 Å². The third kappa shape index (κ3) is 4.45. The van der Waals surface area contributed by atoms with Gasteiger partial charge in [0, 0.05) is 0 Å². The van der Waals surface area contributed by atoms with Gasteiger partial charge in [-0.25, -0.2) is 13.2 Å². The van der Waals surface area contributed by atoms with E-state index in [4.69, 9.17) is 9.52 Å². The molecule has 0 aliphatic heterocycles. The van der Waals surface area contributed by atoms with Gasteiger partial charge in [0.1, 0.15) is 5.76 Å². The largest absolute Gasteiger partial charge is 0.475 e. The molecule has 0 fully saturated rings. The number of carboxylic acids is 1. The molecule has 0 spiro atoms. The van der Waals surface area contributed by atoms with Crippen LogP contribution >= 0.6 is 0 Å². The van der Waals surface area contributed by atoms with Gasteiger partial charge in [0.25, 0.3) is 0 Å². The number of carbonyl (C=O) groups is 2. The van der Waals surface area contributed by atoms with E-state index in [1.807, 2.05) is 0 Å². The average Bonchev–Trinajstić information content (AvgIpc) is 3.03. The second-order valence-electron chi connectivity index (χ2n) is 5.07. The van der Waals surface area contributed by atoms with E-state index in [1.54, 1.807) is 19.1 Å². The van der Waals surface area contributed by atoms with E-state index >= 15 is 0 Å². The van der Waals surface area contributed by atoms with Gasteiger partial charge in [-0.15, -0.1) is 0 Å². The summed E-state index contributed by atoms with van der Waals surface area (Å²) in [4.78, 5) is 22.8. The topological polar surface area (TPSA) is 114 Å². The van der Waals surface area contributed by atoms with Crippen LogP contribution in [0.4, 0.5) is 0 Å². The molecule has 0 saturated carbocycles. The average molecular weight is 351 g/mol. The van der Waals surface area contributed by atoms with Crippen LogP contribution in [0.2, 0.25) is 0 Å². The standard InChI is InChI=1S/C16H17NO6S/c1-2-24(21,22)13-6-3-11(4-7-13)9-15(18)17-10-12-5-8-14(23-12)16(19)20/h3-8H,2,9-10H2,1H3,(H,17,18)(H,19,20). The Morgan fingerprint density at radius 2 is 1.79 bits per heavy atom. The Balaban J connectivity index is 1.91. The molecule has 1 aromatic heterocycles. The fraction of sp³-hybridized carbons (Fsp3) is 0.250. The smallest absolute Gasteiger partial charge is 0.371 e. The lowest BCUT2D eigenvalue weighted by Crippen LogP contribution is -2.24. The normalized spacial score (nSPS) is 11.2. The fourth-order valence-electron chi connectivity index (χ4n) is 2.00. The van der Waals surface area contributed by atoms with Gasteiger partial charge in [-0.1, -0.05) is 19.1 Å². The summed E-state index contributed by atoms with van der Waals surface area (Å²) in [6.45, 7) is 1.65. The minimum atomic E-state index is -3.26. The van der Waals surface area contributed by atoms with Gasteiger partial charge in [0.2, 0.25) is 11.7 Å². The maximum Gasteiger partial charge on any atom is 0.371 e. The number of rotatable bonds is 7. The van der Waals surface area contributed by atoms with Gasteiger partial charge >= 0.3 is 5.97 Å². The van der Waals surface area contributed by atoms with Crippen LogP contribution in [0.5, 0.6) is 0 Å². The van der Waals surface area contributed by atoms with Crippen molar-refractivity contribution in [1.29, 1.82) is 0 Å². The Labute approximate surface area is 139 Å². The molecule has 0 saturated heterocycles. The molecule has 0 radical (unpaired) electrons. The Morgan fingerprint density at radius 1 is 1.12 bits per heavy atom. The monoisotopic (exact) mass is 351 g/mol. The Morgan fingerprint density at radius 3 is 2.33 bits per heavy atom. The third-order valence-electron chi connectivity index (χ3n) is 3.36. The van der Waals surface area contributed by atoms with Crippen molar-refractivity contribution in [3.63, 3.8) is 0 Å². The first-order valence-corrected chi connectivity index (χ1v) is 8.87. The van der Waals surface area contributed by atoms with E-state index in [1.165, 1.54) is 24.3 Å². The van der Waals surface area contributed by atoms with Crippen LogP contribution in [0.15, 0.2) is 45.7 Å². The van der Waals surface area contributed by atoms with E-state index in [-0.39, 0.29) is 35.3 Å². The zero-order valence-electron chi connectivity index (χ0n) is 13.0. The summed E-state index contributed by atoms with van der Waals surface area (Å²) in [6.07, 6.45) is 0.0823. The number of hydrogen-bond donors (Lipinski definition) is 2. The SMILES string of the molecule is CCS(=O)(=O)c1ccc(CC(=O)NCc2ccc(C(=O)O)o2)cc1. The lowest BCUT2D eigenvalue weighted by atomic mass is 10.1. The summed E-state index contributed by atoms with van der Waals surface area (Å²) in [6, 6.07) is 8.94. The zero-order chi connectivity index (χ0) is 17.7. The molecule has 1 heterocycles. The molecule has 128 valence electrons. The predicted octanol–water partition coefficient (Wildman–Crippen LogP) is 1.63. The van der Waals surface area contributed by atoms with Crippen molar-refractivity contribution >= 4 is 21.7 Å². The number of hydrogen-bond acceptors (Lipinski definition) is 5. The number of benzene rings is 1. The second kappa shape index (κ2) is 7.31. The minimum Gasteiger partial charge on any atom is -0.475 e. The van der Waals surface area contributed by atoms with Crippen molar-refractivity contribution in [2.45, 2.75) is 24.8 Å². The fourth-order valence-corrected chi connectivity index (χ4v) is 2.89. The molecule has 1 amide bonds. The summed E-state index contributed by atoms with van der Waals surface area (Å²) >= 11 is 0. The first kappa shape index (κ1) is 17.7. The lowest BCUT2D eigenvalue weighted by molar-refractivity contribution is -0.120. The third-order valence-corrected chi connectivity index (χ3v) is 5.11. The number of aromatic carboxylic acids is 1. The highest BCUT2D eigenvalue weighted by Crippen LogP contribution is 2.13. The number of amides is 1. The van der Waals surface area contributed by atoms with E-state index in [0.29, 0.717) is 11.3 Å². The van der Waals surface area contributed by atoms with E-state index in [0.717, 1.165) is 0 Å². The number of furan rings is 1. The molecule has 1 aromatic carbocycles. The Bertz CT molecular complexity index is 836. The van der Waals surface area contributed by atoms with Crippen LogP contribution in [0.25, 0.3) is 0 Å². The molecule has 0 aliphatic rings. The van der Waals surface area contributed by atoms with Gasteiger partial charge < -0.3 is 14.8 Å². The number of carbonyl (C=O) groups excluding carboxylic acids is 1. The first-order chi connectivity index (χ1) is 11.3. The van der Waals surface area contributed by atoms with Crippen molar-refractivity contribution in [2.75, 3.05) is 5.75 Å². The van der Waals surface area contributed by atoms with Gasteiger partial charge in [-0.2, -0.15) is 0 Å². The highest BCUT2D eigenvalue weighted by Gasteiger charge is 2.12. The van der Waals surface area contributed by atoms with Crippen LogP contribution < -0.4 is 5.32 Å². The summed E-state index contributed by atoms with van der Waals surface area (Å²) < 4.78 is 28.5. The van der Waals surface area contributed by atoms with Gasteiger partial charge in [-0.05, 0) is 29.8 Å². The molecule has 2 rings (SSSR count). The van der Waals surface area contributed by atoms with Gasteiger partial charge in [-0.3, -0.25) is 4.79 Å². The molecular formula is C16H17NO6S. The van der Waals surface area contributed by atoms with Crippen molar-refractivity contribution in [2.24, 2.45) is 0 Å². The highest BCUT2D eigenvalue weighted by atomic mass is 32.2. The number of nitrogens with one attached hydrogen (secondary N) is 1. The molecule has 7 nitrogen and oxygen atoms in total. The Hall–Kier alpha value is -2.61. The molecule has 0 bridgehead atoms. The van der Waals surface area contributed by atoms with Crippen molar-refractivity contribution in [3.8, 4) is 0 Å². The minimum absolute atomic E-state index is 0.0221. The summed E-state index contributed by atoms with van der Waals surface area (Å²) in [7, 11) is -3.26. The van der Waals surface area contributed by atoms with Crippen LogP contribution in [0.3, 0.4) is 0 Å².